The van der Waals surface area contributed by atoms with E-state index in [1.54, 1.807) is 38.9 Å². The topological polar surface area (TPSA) is 633 Å². The predicted molar refractivity (Wildman–Crippen MR) is 360 cm³/mol. The number of carbonyl (C=O) groups is 10. The SMILES string of the molecule is C=C(CCC(=O)OCn1cc(F)c(=O)[nH]c1=O)NC.CCC(=O)CCn1cc(F)c(=O)[nH]c1=O.CNC(=O)CCC(=O)NCCOC(=O)OCn1cc(F)c(=O)[nH]c1=O.CNC(=O)CCOC(=O)NCn1cc(F)c(=O)[nH]c1=O.CNC(=O)CNC(=O)n1cc(F)c(=O)[nH]c1=O.CNC(=O)Cn1cc(F)c(=O)[nH]c1=O. The molecule has 46 nitrogen and oxygen atoms in total. The molecule has 0 aromatic carbocycles. The third-order valence-corrected chi connectivity index (χ3v) is 12.7. The number of ketones is 1. The number of rotatable bonds is 27. The quantitative estimate of drug-likeness (QED) is 0.00986. The molecule has 7 amide bonds. The smallest absolute Gasteiger partial charge is 0.449 e. The lowest BCUT2D eigenvalue weighted by molar-refractivity contribution is -0.147. The van der Waals surface area contributed by atoms with Crippen LogP contribution in [0.5, 0.6) is 0 Å². The monoisotopic (exact) mass is 1580 g/mol. The molecule has 0 saturated carbocycles. The van der Waals surface area contributed by atoms with Gasteiger partial charge in [0.1, 0.15) is 32.2 Å². The molecule has 6 rings (SSSR count). The Hall–Kier alpha value is -14.3. The number of H-pyrrole nitrogens is 6. The molecule has 6 aromatic rings. The second kappa shape index (κ2) is 48.7. The molecule has 0 bridgehead atoms. The molecule has 0 aliphatic rings. The van der Waals surface area contributed by atoms with Crippen LogP contribution in [0, 0.1) is 34.9 Å². The van der Waals surface area contributed by atoms with Gasteiger partial charge in [-0.1, -0.05) is 13.5 Å². The van der Waals surface area contributed by atoms with E-state index < -0.39 is 158 Å². The first kappa shape index (κ1) is 93.7. The number of hydrogen-bond acceptors (Lipinski definition) is 27. The summed E-state index contributed by atoms with van der Waals surface area (Å²) in [6.45, 7) is 2.86. The number of aromatic amines is 6. The van der Waals surface area contributed by atoms with Gasteiger partial charge in [-0.25, -0.2) is 47.7 Å². The average molecular weight is 1580 g/mol. The normalized spacial score (nSPS) is 9.96. The number of aryl methyl sites for hydroxylation is 1. The number of nitrogens with one attached hydrogen (secondary N) is 14. The maximum Gasteiger partial charge on any atom is 0.510 e. The number of hydrogen-bond donors (Lipinski definition) is 14. The van der Waals surface area contributed by atoms with Crippen LogP contribution in [0.3, 0.4) is 0 Å². The van der Waals surface area contributed by atoms with Gasteiger partial charge >= 0.3 is 58.4 Å². The molecule has 110 heavy (non-hydrogen) atoms. The molecule has 14 N–H and O–H groups in total. The van der Waals surface area contributed by atoms with Gasteiger partial charge in [0.2, 0.25) is 64.4 Å². The van der Waals surface area contributed by atoms with Crippen LogP contribution < -0.4 is 110 Å². The van der Waals surface area contributed by atoms with Crippen molar-refractivity contribution >= 4 is 59.6 Å². The molecule has 0 spiro atoms. The highest BCUT2D eigenvalue weighted by Crippen LogP contribution is 2.01. The summed E-state index contributed by atoms with van der Waals surface area (Å²) in [7, 11) is 7.32. The third-order valence-electron chi connectivity index (χ3n) is 12.7. The van der Waals surface area contributed by atoms with Crippen LogP contribution in [0.2, 0.25) is 0 Å². The van der Waals surface area contributed by atoms with E-state index in [-0.39, 0.29) is 95.8 Å². The first-order valence-electron chi connectivity index (χ1n) is 30.8. The van der Waals surface area contributed by atoms with Crippen molar-refractivity contribution in [2.24, 2.45) is 0 Å². The summed E-state index contributed by atoms with van der Waals surface area (Å²) in [6.07, 6.45) is 2.87. The van der Waals surface area contributed by atoms with E-state index in [9.17, 15) is 132 Å². The van der Waals surface area contributed by atoms with Crippen LogP contribution in [0.1, 0.15) is 51.9 Å². The molecule has 0 fully saturated rings. The van der Waals surface area contributed by atoms with Crippen LogP contribution in [0.4, 0.5) is 40.7 Å². The van der Waals surface area contributed by atoms with Crippen molar-refractivity contribution < 1.29 is 93.2 Å². The maximum atomic E-state index is 13.0. The molecule has 0 unspecified atom stereocenters. The zero-order valence-corrected chi connectivity index (χ0v) is 58.6. The summed E-state index contributed by atoms with van der Waals surface area (Å²) in [6, 6.07) is -1.02. The minimum atomic E-state index is -1.28. The first-order chi connectivity index (χ1) is 51.7. The van der Waals surface area contributed by atoms with Gasteiger partial charge in [-0.3, -0.25) is 115 Å². The zero-order valence-electron chi connectivity index (χ0n) is 58.6. The van der Waals surface area contributed by atoms with Gasteiger partial charge in [0.25, 0.3) is 33.4 Å². The number of aromatic nitrogens is 12. The Labute approximate surface area is 607 Å². The molecule has 52 heteroatoms. The lowest BCUT2D eigenvalue weighted by Crippen LogP contribution is -2.43. The van der Waals surface area contributed by atoms with Crippen molar-refractivity contribution in [3.05, 3.63) is 209 Å². The van der Waals surface area contributed by atoms with Crippen LogP contribution in [0.25, 0.3) is 0 Å². The summed E-state index contributed by atoms with van der Waals surface area (Å²) in [5.74, 6) is -9.39. The first-order valence-corrected chi connectivity index (χ1v) is 30.8. The second-order valence-electron chi connectivity index (χ2n) is 20.5. The number of alkyl carbamates (subject to hydrolysis) is 1. The number of halogens is 6. The van der Waals surface area contributed by atoms with E-state index in [1.165, 1.54) is 28.2 Å². The molecule has 0 aliphatic carbocycles. The summed E-state index contributed by atoms with van der Waals surface area (Å²) in [5.41, 5.74) is -11.4. The van der Waals surface area contributed by atoms with Gasteiger partial charge in [0.15, 0.2) is 13.5 Å². The fourth-order valence-electron chi connectivity index (χ4n) is 6.67. The van der Waals surface area contributed by atoms with Crippen molar-refractivity contribution in [1.82, 2.24) is 99.8 Å². The number of likely N-dealkylation sites (N-methyl/N-ethyl adjacent to an activating group) is 2. The highest BCUT2D eigenvalue weighted by atomic mass is 19.1. The van der Waals surface area contributed by atoms with E-state index in [4.69, 9.17) is 4.74 Å². The van der Waals surface area contributed by atoms with Crippen molar-refractivity contribution in [2.45, 2.75) is 85.1 Å². The maximum absolute atomic E-state index is 13.0. The third kappa shape index (κ3) is 35.9. The van der Waals surface area contributed by atoms with Crippen LogP contribution >= 0.6 is 0 Å². The van der Waals surface area contributed by atoms with Crippen LogP contribution in [0.15, 0.2) is 107 Å². The van der Waals surface area contributed by atoms with Gasteiger partial charge in [0.05, 0.1) is 63.1 Å². The Morgan fingerprint density at radius 2 is 0.809 bits per heavy atom. The number of Topliss-reactive ketones (excluding diaryl/α,β-unsaturated/α-hetero) is 1. The van der Waals surface area contributed by atoms with Crippen molar-refractivity contribution in [3.8, 4) is 0 Å². The minimum Gasteiger partial charge on any atom is -0.449 e. The number of carbonyl (C=O) groups excluding carboxylic acids is 10. The zero-order chi connectivity index (χ0) is 83.5. The van der Waals surface area contributed by atoms with Gasteiger partial charge in [-0.05, 0) is 6.42 Å². The molecule has 0 radical (unpaired) electrons. The number of ether oxygens (including phenoxy) is 4. The Bertz CT molecular complexity index is 5030. The van der Waals surface area contributed by atoms with Crippen molar-refractivity contribution in [1.29, 1.82) is 0 Å². The van der Waals surface area contributed by atoms with Gasteiger partial charge in [-0.15, -0.1) is 0 Å². The lowest BCUT2D eigenvalue weighted by Gasteiger charge is -2.08. The summed E-state index contributed by atoms with van der Waals surface area (Å²) in [4.78, 5) is 253. The Balaban J connectivity index is 0.000000666. The molecular formula is C58H72F6N20O26. The Kier molecular flexibility index (Phi) is 41.5. The minimum absolute atomic E-state index is 0.00282. The largest absolute Gasteiger partial charge is 0.510 e. The predicted octanol–water partition coefficient (Wildman–Crippen LogP) is -6.94. The summed E-state index contributed by atoms with van der Waals surface area (Å²) >= 11 is 0. The molecule has 0 atom stereocenters. The molecule has 602 valence electrons. The highest BCUT2D eigenvalue weighted by Gasteiger charge is 2.15. The molecule has 6 heterocycles. The van der Waals surface area contributed by atoms with E-state index in [1.807, 2.05) is 4.98 Å². The van der Waals surface area contributed by atoms with Crippen molar-refractivity contribution in [3.63, 3.8) is 0 Å². The van der Waals surface area contributed by atoms with E-state index in [2.05, 4.69) is 63.3 Å². The van der Waals surface area contributed by atoms with E-state index >= 15 is 0 Å². The van der Waals surface area contributed by atoms with Crippen LogP contribution in [-0.4, -0.2) is 178 Å². The highest BCUT2D eigenvalue weighted by molar-refractivity contribution is 5.85. The Morgan fingerprint density at radius 1 is 0.400 bits per heavy atom. The summed E-state index contributed by atoms with van der Waals surface area (Å²) < 4.78 is 99.9. The van der Waals surface area contributed by atoms with E-state index in [0.717, 1.165) is 24.5 Å². The number of esters is 1. The summed E-state index contributed by atoms with van der Waals surface area (Å²) in [5, 5.41) is 18.6. The van der Waals surface area contributed by atoms with Gasteiger partial charge in [-0.2, -0.15) is 26.3 Å². The fraction of sp³-hybridized carbons (Fsp3) is 0.379. The number of amides is 7. The standard InChI is InChI=1S/C13H17FN4O7.C11H14FN3O4.C10H13FN4O5.C9H11FN2O3.C8H9FN4O4.C7H8FN3O3/c1-15-9(19)2-3-10(20)16-4-5-24-13(23)25-7-18-6-8(14)11(21)17-12(18)22;1-7(13-2)3-4-9(16)19-6-15-5-8(12)10(17)14-11(15)18;1-12-7(16)2-3-20-10(19)13-5-15-4-6(11)8(17)14-9(15)18;1-2-6(13)3-4-12-5-7(10)8(14)11-9(12)15;1-10-5(14)2-11-7(16)13-3-4(9)6(15)12-8(13)17;1-9-5(12)3-11-2-4(8)6(13)10-7(11)14/h6H,2-5,7H2,1H3,(H,15,19)(H,16,20)(H,17,21,22);5,13H,1,3-4,6H2,2H3,(H,14,17,18);4H,2-3,5H2,1H3,(H,12,16)(H,13,19)(H,14,17,18);5H,2-4H2,1H3,(H,11,14,15);3H,2H2,1H3,(H,10,14)(H,11,16)(H,12,15,17);2H,3H2,1H3,(H,9,12)(H,10,13,14). The number of allylic oxidation sites excluding steroid dienone is 1. The van der Waals surface area contributed by atoms with Crippen LogP contribution in [-0.2, 0) is 85.7 Å². The second-order valence-corrected chi connectivity index (χ2v) is 20.5. The number of nitrogens with zero attached hydrogens (tertiary/aromatic N) is 6. The molecule has 0 saturated heterocycles. The van der Waals surface area contributed by atoms with Gasteiger partial charge in [0, 0.05) is 73.2 Å². The van der Waals surface area contributed by atoms with E-state index in [0.29, 0.717) is 58.7 Å². The van der Waals surface area contributed by atoms with Crippen molar-refractivity contribution in [2.75, 3.05) is 61.5 Å². The van der Waals surface area contributed by atoms with Gasteiger partial charge < -0.3 is 61.5 Å². The average Bonchev–Trinajstić information content (AvgIpc) is 0.867. The fourth-order valence-corrected chi connectivity index (χ4v) is 6.67. The Morgan fingerprint density at radius 3 is 1.29 bits per heavy atom. The molecule has 6 aromatic heterocycles. The molecular weight excluding hydrogens is 1510 g/mol. The lowest BCUT2D eigenvalue weighted by atomic mass is 10.2. The molecule has 0 aliphatic heterocycles.